The Morgan fingerprint density at radius 1 is 1.31 bits per heavy atom. The summed E-state index contributed by atoms with van der Waals surface area (Å²) >= 11 is 1.37. The first-order valence-corrected chi connectivity index (χ1v) is 8.65. The van der Waals surface area contributed by atoms with E-state index >= 15 is 0 Å². The molecule has 0 unspecified atom stereocenters. The fraction of sp³-hybridized carbons (Fsp3) is 0.278. The maximum atomic E-state index is 13.0. The van der Waals surface area contributed by atoms with Crippen LogP contribution in [0.5, 0.6) is 11.5 Å². The Bertz CT molecular complexity index is 781. The molecule has 2 rings (SSSR count). The highest BCUT2D eigenvalue weighted by Gasteiger charge is 2.25. The zero-order valence-corrected chi connectivity index (χ0v) is 15.8. The van der Waals surface area contributed by atoms with Gasteiger partial charge in [-0.25, -0.2) is 4.98 Å². The van der Waals surface area contributed by atoms with E-state index in [2.05, 4.69) is 16.9 Å². The predicted molar refractivity (Wildman–Crippen MR) is 101 cm³/mol. The first-order chi connectivity index (χ1) is 12.5. The summed E-state index contributed by atoms with van der Waals surface area (Å²) in [6.07, 6.45) is 3.23. The van der Waals surface area contributed by atoms with E-state index < -0.39 is 0 Å². The van der Waals surface area contributed by atoms with Crippen molar-refractivity contribution in [2.24, 2.45) is 0 Å². The van der Waals surface area contributed by atoms with Crippen LogP contribution in [0.2, 0.25) is 0 Å². The Balaban J connectivity index is 2.22. The van der Waals surface area contributed by atoms with Crippen molar-refractivity contribution in [3.05, 3.63) is 47.5 Å². The number of carbonyl (C=O) groups is 2. The Hall–Kier alpha value is -2.87. The number of methoxy groups -OCH3 is 2. The molecule has 1 aromatic heterocycles. The molecule has 1 heterocycles. The Morgan fingerprint density at radius 2 is 1.96 bits per heavy atom. The van der Waals surface area contributed by atoms with Gasteiger partial charge in [0.1, 0.15) is 23.6 Å². The molecule has 0 aliphatic heterocycles. The fourth-order valence-electron chi connectivity index (χ4n) is 2.34. The minimum atomic E-state index is -0.385. The molecule has 7 nitrogen and oxygen atoms in total. The van der Waals surface area contributed by atoms with Gasteiger partial charge < -0.3 is 19.7 Å². The second kappa shape index (κ2) is 9.00. The lowest BCUT2D eigenvalue weighted by molar-refractivity contribution is -0.116. The van der Waals surface area contributed by atoms with Gasteiger partial charge in [0.2, 0.25) is 5.91 Å². The summed E-state index contributed by atoms with van der Waals surface area (Å²) in [7, 11) is 2.95. The molecular formula is C18H21N3O4S. The molecule has 1 N–H and O–H groups in total. The van der Waals surface area contributed by atoms with Gasteiger partial charge in [0.15, 0.2) is 5.13 Å². The summed E-state index contributed by atoms with van der Waals surface area (Å²) in [5.41, 5.74) is 0.261. The molecule has 2 amide bonds. The van der Waals surface area contributed by atoms with Gasteiger partial charge in [-0.3, -0.25) is 9.59 Å². The first kappa shape index (κ1) is 19.5. The molecule has 0 saturated heterocycles. The van der Waals surface area contributed by atoms with Crippen LogP contribution in [0.1, 0.15) is 15.2 Å². The predicted octanol–water partition coefficient (Wildman–Crippen LogP) is 2.74. The molecule has 1 aromatic carbocycles. The smallest absolute Gasteiger partial charge is 0.262 e. The van der Waals surface area contributed by atoms with E-state index in [1.165, 1.54) is 30.5 Å². The van der Waals surface area contributed by atoms with E-state index in [1.807, 2.05) is 6.92 Å². The number of thiazole rings is 1. The molecule has 0 aliphatic carbocycles. The molecule has 0 spiro atoms. The van der Waals surface area contributed by atoms with Crippen molar-refractivity contribution in [2.75, 3.05) is 32.6 Å². The second-order valence-electron chi connectivity index (χ2n) is 5.34. The SMILES string of the molecule is C=CCN(CC(=O)Nc1ncc(C)s1)C(=O)c1c(OC)cccc1OC. The highest BCUT2D eigenvalue weighted by atomic mass is 32.1. The normalized spacial score (nSPS) is 10.1. The van der Waals surface area contributed by atoms with Gasteiger partial charge >= 0.3 is 0 Å². The van der Waals surface area contributed by atoms with Gasteiger partial charge in [-0.2, -0.15) is 0 Å². The Kier molecular flexibility index (Phi) is 6.74. The van der Waals surface area contributed by atoms with Crippen LogP contribution in [-0.4, -0.2) is 49.0 Å². The second-order valence-corrected chi connectivity index (χ2v) is 6.57. The molecule has 0 saturated carbocycles. The number of aryl methyl sites for hydroxylation is 1. The van der Waals surface area contributed by atoms with Crippen molar-refractivity contribution in [1.29, 1.82) is 0 Å². The fourth-order valence-corrected chi connectivity index (χ4v) is 3.02. The zero-order valence-electron chi connectivity index (χ0n) is 14.9. The number of nitrogens with one attached hydrogen (secondary N) is 1. The number of anilines is 1. The molecule has 0 radical (unpaired) electrons. The van der Waals surface area contributed by atoms with Gasteiger partial charge in [0.05, 0.1) is 14.2 Å². The molecule has 0 bridgehead atoms. The van der Waals surface area contributed by atoms with Crippen LogP contribution >= 0.6 is 11.3 Å². The lowest BCUT2D eigenvalue weighted by Gasteiger charge is -2.22. The summed E-state index contributed by atoms with van der Waals surface area (Å²) in [6, 6.07) is 5.06. The minimum Gasteiger partial charge on any atom is -0.496 e. The number of carbonyl (C=O) groups excluding carboxylic acids is 2. The third kappa shape index (κ3) is 4.60. The van der Waals surface area contributed by atoms with Crippen molar-refractivity contribution in [3.63, 3.8) is 0 Å². The summed E-state index contributed by atoms with van der Waals surface area (Å²) < 4.78 is 10.6. The van der Waals surface area contributed by atoms with Gasteiger partial charge in [-0.05, 0) is 19.1 Å². The number of nitrogens with zero attached hydrogens (tertiary/aromatic N) is 2. The largest absolute Gasteiger partial charge is 0.496 e. The van der Waals surface area contributed by atoms with Crippen LogP contribution in [0.25, 0.3) is 0 Å². The van der Waals surface area contributed by atoms with Crippen molar-refractivity contribution in [2.45, 2.75) is 6.92 Å². The van der Waals surface area contributed by atoms with Crippen LogP contribution in [-0.2, 0) is 4.79 Å². The average molecular weight is 375 g/mol. The quantitative estimate of drug-likeness (QED) is 0.718. The number of aromatic nitrogens is 1. The highest BCUT2D eigenvalue weighted by Crippen LogP contribution is 2.29. The number of benzene rings is 1. The van der Waals surface area contributed by atoms with Crippen molar-refractivity contribution >= 4 is 28.3 Å². The van der Waals surface area contributed by atoms with E-state index in [9.17, 15) is 9.59 Å². The van der Waals surface area contributed by atoms with Crippen molar-refractivity contribution < 1.29 is 19.1 Å². The zero-order chi connectivity index (χ0) is 19.1. The average Bonchev–Trinajstić information content (AvgIpc) is 3.04. The van der Waals surface area contributed by atoms with Crippen LogP contribution in [0, 0.1) is 6.92 Å². The molecular weight excluding hydrogens is 354 g/mol. The first-order valence-electron chi connectivity index (χ1n) is 7.83. The van der Waals surface area contributed by atoms with Gasteiger partial charge in [-0.1, -0.05) is 12.1 Å². The van der Waals surface area contributed by atoms with Gasteiger partial charge in [-0.15, -0.1) is 17.9 Å². The summed E-state index contributed by atoms with van der Waals surface area (Å²) in [6.45, 7) is 5.61. The molecule has 138 valence electrons. The van der Waals surface area contributed by atoms with E-state index in [4.69, 9.17) is 9.47 Å². The van der Waals surface area contributed by atoms with E-state index in [-0.39, 0.29) is 30.5 Å². The topological polar surface area (TPSA) is 80.8 Å². The van der Waals surface area contributed by atoms with Crippen molar-refractivity contribution in [3.8, 4) is 11.5 Å². The standard InChI is InChI=1S/C18H21N3O4S/c1-5-9-21(11-15(22)20-18-19-10-12(2)26-18)17(23)16-13(24-3)7-6-8-14(16)25-4/h5-8,10H,1,9,11H2,2-4H3,(H,19,20,22). The van der Waals surface area contributed by atoms with E-state index in [0.717, 1.165) is 4.88 Å². The lowest BCUT2D eigenvalue weighted by Crippen LogP contribution is -2.38. The molecule has 0 fully saturated rings. The molecule has 8 heteroatoms. The molecule has 0 atom stereocenters. The number of amides is 2. The molecule has 26 heavy (non-hydrogen) atoms. The summed E-state index contributed by atoms with van der Waals surface area (Å²) in [5.74, 6) is 0.0202. The Labute approximate surface area is 156 Å². The van der Waals surface area contributed by atoms with E-state index in [0.29, 0.717) is 16.6 Å². The summed E-state index contributed by atoms with van der Waals surface area (Å²) in [4.78, 5) is 31.8. The maximum Gasteiger partial charge on any atom is 0.262 e. The lowest BCUT2D eigenvalue weighted by atomic mass is 10.1. The van der Waals surface area contributed by atoms with Crippen LogP contribution in [0.15, 0.2) is 37.1 Å². The monoisotopic (exact) mass is 375 g/mol. The van der Waals surface area contributed by atoms with Gasteiger partial charge in [0, 0.05) is 17.6 Å². The third-order valence-electron chi connectivity index (χ3n) is 3.48. The Morgan fingerprint density at radius 3 is 2.46 bits per heavy atom. The molecule has 0 aliphatic rings. The number of ether oxygens (including phenoxy) is 2. The summed E-state index contributed by atoms with van der Waals surface area (Å²) in [5, 5.41) is 3.19. The van der Waals surface area contributed by atoms with Crippen LogP contribution < -0.4 is 14.8 Å². The number of hydrogen-bond acceptors (Lipinski definition) is 6. The number of rotatable bonds is 8. The van der Waals surface area contributed by atoms with E-state index in [1.54, 1.807) is 30.5 Å². The molecule has 2 aromatic rings. The van der Waals surface area contributed by atoms with Crippen molar-refractivity contribution in [1.82, 2.24) is 9.88 Å². The minimum absolute atomic E-state index is 0.148. The number of hydrogen-bond donors (Lipinski definition) is 1. The van der Waals surface area contributed by atoms with Gasteiger partial charge in [0.25, 0.3) is 5.91 Å². The van der Waals surface area contributed by atoms with Crippen LogP contribution in [0.3, 0.4) is 0 Å². The highest BCUT2D eigenvalue weighted by molar-refractivity contribution is 7.15. The third-order valence-corrected chi connectivity index (χ3v) is 4.31. The van der Waals surface area contributed by atoms with Crippen LogP contribution in [0.4, 0.5) is 5.13 Å². The maximum absolute atomic E-state index is 13.0.